The van der Waals surface area contributed by atoms with Crippen molar-refractivity contribution in [1.82, 2.24) is 4.90 Å². The van der Waals surface area contributed by atoms with Gasteiger partial charge in [0.2, 0.25) is 0 Å². The van der Waals surface area contributed by atoms with E-state index in [1.165, 1.54) is 0 Å². The lowest BCUT2D eigenvalue weighted by molar-refractivity contribution is -0.118. The maximum atomic E-state index is 13.5. The van der Waals surface area contributed by atoms with Crippen LogP contribution in [0.2, 0.25) is 0 Å². The van der Waals surface area contributed by atoms with Gasteiger partial charge >= 0.3 is 0 Å². The zero-order valence-corrected chi connectivity index (χ0v) is 16.6. The van der Waals surface area contributed by atoms with E-state index in [-0.39, 0.29) is 12.5 Å². The summed E-state index contributed by atoms with van der Waals surface area (Å²) < 4.78 is 0. The van der Waals surface area contributed by atoms with E-state index in [0.717, 1.165) is 15.7 Å². The predicted molar refractivity (Wildman–Crippen MR) is 119 cm³/mol. The SMILES string of the molecule is O=C1c2ccccc2C(=O)N1CC(=O)N(c1ccccc1)c1ccc2ccccc2c1. The van der Waals surface area contributed by atoms with Gasteiger partial charge in [0.1, 0.15) is 6.54 Å². The van der Waals surface area contributed by atoms with Crippen molar-refractivity contribution in [3.63, 3.8) is 0 Å². The normalized spacial score (nSPS) is 12.8. The van der Waals surface area contributed by atoms with E-state index in [4.69, 9.17) is 0 Å². The summed E-state index contributed by atoms with van der Waals surface area (Å²) in [6.07, 6.45) is 0. The molecule has 0 bridgehead atoms. The van der Waals surface area contributed by atoms with Gasteiger partial charge in [0, 0.05) is 11.4 Å². The third kappa shape index (κ3) is 3.26. The van der Waals surface area contributed by atoms with Crippen molar-refractivity contribution >= 4 is 39.9 Å². The monoisotopic (exact) mass is 406 g/mol. The van der Waals surface area contributed by atoms with Crippen LogP contribution in [0.1, 0.15) is 20.7 Å². The molecule has 0 aromatic heterocycles. The molecule has 0 atom stereocenters. The number of benzene rings is 4. The molecule has 0 radical (unpaired) electrons. The first-order valence-corrected chi connectivity index (χ1v) is 9.95. The fraction of sp³-hybridized carbons (Fsp3) is 0.0385. The fourth-order valence-corrected chi connectivity index (χ4v) is 3.92. The smallest absolute Gasteiger partial charge is 0.262 e. The number of para-hydroxylation sites is 1. The molecule has 5 nitrogen and oxygen atoms in total. The minimum Gasteiger partial charge on any atom is -0.280 e. The van der Waals surface area contributed by atoms with Crippen LogP contribution in [-0.2, 0) is 4.79 Å². The fourth-order valence-electron chi connectivity index (χ4n) is 3.92. The quantitative estimate of drug-likeness (QED) is 0.458. The Morgan fingerprint density at radius 1 is 0.645 bits per heavy atom. The molecule has 5 heteroatoms. The maximum Gasteiger partial charge on any atom is 0.262 e. The molecule has 0 fully saturated rings. The molecule has 1 heterocycles. The molecule has 0 saturated carbocycles. The van der Waals surface area contributed by atoms with Crippen molar-refractivity contribution in [3.05, 3.63) is 108 Å². The zero-order valence-electron chi connectivity index (χ0n) is 16.6. The molecule has 1 aliphatic heterocycles. The van der Waals surface area contributed by atoms with Crippen LogP contribution in [0.5, 0.6) is 0 Å². The predicted octanol–water partition coefficient (Wildman–Crippen LogP) is 4.80. The highest BCUT2D eigenvalue weighted by Crippen LogP contribution is 2.30. The maximum absolute atomic E-state index is 13.5. The van der Waals surface area contributed by atoms with Gasteiger partial charge in [0.05, 0.1) is 11.1 Å². The molecule has 0 saturated heterocycles. The summed E-state index contributed by atoms with van der Waals surface area (Å²) in [4.78, 5) is 41.5. The first-order chi connectivity index (χ1) is 15.1. The summed E-state index contributed by atoms with van der Waals surface area (Å²) in [7, 11) is 0. The third-order valence-corrected chi connectivity index (χ3v) is 5.43. The number of nitrogens with zero attached hydrogens (tertiary/aromatic N) is 2. The second-order valence-corrected chi connectivity index (χ2v) is 7.34. The first-order valence-electron chi connectivity index (χ1n) is 9.95. The van der Waals surface area contributed by atoms with Crippen LogP contribution in [0.4, 0.5) is 11.4 Å². The molecule has 4 aromatic rings. The average Bonchev–Trinajstić information content (AvgIpc) is 3.05. The van der Waals surface area contributed by atoms with E-state index in [1.54, 1.807) is 29.2 Å². The zero-order chi connectivity index (χ0) is 21.4. The number of hydrogen-bond acceptors (Lipinski definition) is 3. The summed E-state index contributed by atoms with van der Waals surface area (Å²) in [5, 5.41) is 2.06. The molecule has 150 valence electrons. The molecule has 5 rings (SSSR count). The van der Waals surface area contributed by atoms with Crippen molar-refractivity contribution in [2.75, 3.05) is 11.4 Å². The summed E-state index contributed by atoms with van der Waals surface area (Å²) in [6, 6.07) is 29.5. The highest BCUT2D eigenvalue weighted by Gasteiger charge is 2.37. The van der Waals surface area contributed by atoms with Gasteiger partial charge in [0.15, 0.2) is 0 Å². The van der Waals surface area contributed by atoms with Crippen molar-refractivity contribution in [1.29, 1.82) is 0 Å². The largest absolute Gasteiger partial charge is 0.280 e. The van der Waals surface area contributed by atoms with Crippen molar-refractivity contribution < 1.29 is 14.4 Å². The van der Waals surface area contributed by atoms with E-state index >= 15 is 0 Å². The van der Waals surface area contributed by atoms with Crippen LogP contribution in [0, 0.1) is 0 Å². The molecule has 0 aliphatic carbocycles. The number of carbonyl (C=O) groups excluding carboxylic acids is 3. The number of imide groups is 1. The molecule has 1 aliphatic rings. The molecule has 0 N–H and O–H groups in total. The van der Waals surface area contributed by atoms with Crippen LogP contribution < -0.4 is 4.90 Å². The standard InChI is InChI=1S/C26H18N2O3/c29-24(17-27-25(30)22-12-6-7-13-23(22)26(27)31)28(20-10-2-1-3-11-20)21-15-14-18-8-4-5-9-19(18)16-21/h1-16H,17H2. The van der Waals surface area contributed by atoms with Gasteiger partial charge in [-0.15, -0.1) is 0 Å². The third-order valence-electron chi connectivity index (χ3n) is 5.43. The number of rotatable bonds is 4. The lowest BCUT2D eigenvalue weighted by atomic mass is 10.1. The number of anilines is 2. The summed E-state index contributed by atoms with van der Waals surface area (Å²) in [6.45, 7) is -0.339. The Hall–Kier alpha value is -4.25. The van der Waals surface area contributed by atoms with E-state index in [1.807, 2.05) is 72.8 Å². The van der Waals surface area contributed by atoms with E-state index in [2.05, 4.69) is 0 Å². The summed E-state index contributed by atoms with van der Waals surface area (Å²) >= 11 is 0. The van der Waals surface area contributed by atoms with Gasteiger partial charge in [-0.3, -0.25) is 24.2 Å². The van der Waals surface area contributed by atoms with Crippen molar-refractivity contribution in [3.8, 4) is 0 Å². The van der Waals surface area contributed by atoms with Crippen LogP contribution in [0.25, 0.3) is 10.8 Å². The first kappa shape index (κ1) is 18.8. The van der Waals surface area contributed by atoms with Crippen molar-refractivity contribution in [2.45, 2.75) is 0 Å². The Kier molecular flexibility index (Phi) is 4.56. The molecule has 31 heavy (non-hydrogen) atoms. The van der Waals surface area contributed by atoms with Crippen LogP contribution in [0.15, 0.2) is 97.1 Å². The Labute approximate surface area is 179 Å². The van der Waals surface area contributed by atoms with Gasteiger partial charge in [-0.25, -0.2) is 0 Å². The molecule has 3 amide bonds. The minimum absolute atomic E-state index is 0.331. The Morgan fingerprint density at radius 3 is 1.90 bits per heavy atom. The molecular formula is C26H18N2O3. The summed E-state index contributed by atoms with van der Waals surface area (Å²) in [5.41, 5.74) is 2.00. The summed E-state index contributed by atoms with van der Waals surface area (Å²) in [5.74, 6) is -1.25. The van der Waals surface area contributed by atoms with E-state index in [0.29, 0.717) is 22.5 Å². The number of hydrogen-bond donors (Lipinski definition) is 0. The average molecular weight is 406 g/mol. The van der Waals surface area contributed by atoms with Gasteiger partial charge < -0.3 is 0 Å². The molecule has 0 spiro atoms. The molecular weight excluding hydrogens is 388 g/mol. The van der Waals surface area contributed by atoms with Gasteiger partial charge in [-0.2, -0.15) is 0 Å². The van der Waals surface area contributed by atoms with Gasteiger partial charge in [0.25, 0.3) is 17.7 Å². The number of amides is 3. The highest BCUT2D eigenvalue weighted by molar-refractivity contribution is 6.23. The lowest BCUT2D eigenvalue weighted by Crippen LogP contribution is -2.41. The number of carbonyl (C=O) groups is 3. The molecule has 0 unspecified atom stereocenters. The number of fused-ring (bicyclic) bond motifs is 2. The lowest BCUT2D eigenvalue weighted by Gasteiger charge is -2.25. The second kappa shape index (κ2) is 7.54. The Morgan fingerprint density at radius 2 is 1.23 bits per heavy atom. The van der Waals surface area contributed by atoms with Crippen LogP contribution in [-0.4, -0.2) is 29.2 Å². The van der Waals surface area contributed by atoms with Crippen LogP contribution in [0.3, 0.4) is 0 Å². The Bertz CT molecular complexity index is 1300. The van der Waals surface area contributed by atoms with Gasteiger partial charge in [-0.05, 0) is 47.2 Å². The van der Waals surface area contributed by atoms with E-state index in [9.17, 15) is 14.4 Å². The van der Waals surface area contributed by atoms with Crippen LogP contribution >= 0.6 is 0 Å². The highest BCUT2D eigenvalue weighted by atomic mass is 16.2. The second-order valence-electron chi connectivity index (χ2n) is 7.34. The minimum atomic E-state index is -0.444. The molecule has 4 aromatic carbocycles. The van der Waals surface area contributed by atoms with Gasteiger partial charge in [-0.1, -0.05) is 60.7 Å². The van der Waals surface area contributed by atoms with Crippen molar-refractivity contribution in [2.24, 2.45) is 0 Å². The topological polar surface area (TPSA) is 57.7 Å². The Balaban J connectivity index is 1.52. The van der Waals surface area contributed by atoms with E-state index < -0.39 is 11.8 Å².